The third-order valence-electron chi connectivity index (χ3n) is 4.23. The second kappa shape index (κ2) is 8.29. The van der Waals surface area contributed by atoms with Crippen LogP contribution in [0.25, 0.3) is 0 Å². The van der Waals surface area contributed by atoms with Crippen LogP contribution in [0.4, 0.5) is 4.39 Å². The second-order valence-corrected chi connectivity index (χ2v) is 6.50. The van der Waals surface area contributed by atoms with Gasteiger partial charge in [0, 0.05) is 6.54 Å². The van der Waals surface area contributed by atoms with Gasteiger partial charge in [-0.1, -0.05) is 30.3 Å². The molecule has 1 N–H and O–H groups in total. The molecule has 0 bridgehead atoms. The molecule has 0 unspecified atom stereocenters. The summed E-state index contributed by atoms with van der Waals surface area (Å²) in [5.41, 5.74) is -0.559. The Morgan fingerprint density at radius 3 is 2.65 bits per heavy atom. The lowest BCUT2D eigenvalue weighted by Crippen LogP contribution is -2.50. The van der Waals surface area contributed by atoms with Crippen molar-refractivity contribution in [2.45, 2.75) is 12.0 Å². The summed E-state index contributed by atoms with van der Waals surface area (Å²) in [6.07, 6.45) is 0.149. The molecule has 5 nitrogen and oxygen atoms in total. The lowest BCUT2D eigenvalue weighted by Gasteiger charge is -2.30. The molecular weight excluding hydrogens is 337 g/mol. The van der Waals surface area contributed by atoms with Crippen LogP contribution >= 0.6 is 0 Å². The summed E-state index contributed by atoms with van der Waals surface area (Å²) < 4.78 is 24.1. The van der Waals surface area contributed by atoms with E-state index >= 15 is 0 Å². The maximum Gasteiger partial charge on any atom is 0.227 e. The van der Waals surface area contributed by atoms with Gasteiger partial charge in [-0.05, 0) is 29.8 Å². The monoisotopic (exact) mass is 359 g/mol. The molecule has 1 amide bonds. The minimum atomic E-state index is -1.29. The van der Waals surface area contributed by atoms with Crippen molar-refractivity contribution >= 4 is 5.91 Å². The molecule has 0 spiro atoms. The molecule has 1 aliphatic rings. The number of carbonyl (C=O) groups excluding carboxylic acids is 1. The molecule has 2 aromatic rings. The molecule has 0 radical (unpaired) electrons. The minimum absolute atomic E-state index is 0.0251. The van der Waals surface area contributed by atoms with Crippen molar-refractivity contribution in [3.63, 3.8) is 0 Å². The van der Waals surface area contributed by atoms with Gasteiger partial charge < -0.3 is 19.5 Å². The number of halogens is 1. The summed E-state index contributed by atoms with van der Waals surface area (Å²) in [7, 11) is 0. The van der Waals surface area contributed by atoms with Crippen LogP contribution in [-0.4, -0.2) is 54.4 Å². The minimum Gasteiger partial charge on any atom is -0.490 e. The van der Waals surface area contributed by atoms with E-state index in [1.54, 1.807) is 29.2 Å². The fraction of sp³-hybridized carbons (Fsp3) is 0.350. The Hall–Kier alpha value is -2.44. The predicted octanol–water partition coefficient (Wildman–Crippen LogP) is 2.04. The molecule has 1 heterocycles. The molecule has 1 saturated heterocycles. The highest BCUT2D eigenvalue weighted by Gasteiger charge is 2.35. The Balaban J connectivity index is 1.62. The molecule has 3 rings (SSSR count). The van der Waals surface area contributed by atoms with Crippen LogP contribution in [0.2, 0.25) is 0 Å². The first kappa shape index (κ1) is 18.4. The number of nitrogens with zero attached hydrogens (tertiary/aromatic N) is 1. The second-order valence-electron chi connectivity index (χ2n) is 6.50. The third-order valence-corrected chi connectivity index (χ3v) is 4.23. The standard InChI is InChI=1S/C20H22FNO4/c21-17-8-6-16(7-9-17)12-19(23)22-10-11-25-14-20(24,13-22)15-26-18-4-2-1-3-5-18/h1-9,24H,10-15H2/t20-/m0/s1. The normalized spacial score (nSPS) is 20.5. The van der Waals surface area contributed by atoms with Gasteiger partial charge in [-0.15, -0.1) is 0 Å². The molecular formula is C20H22FNO4. The van der Waals surface area contributed by atoms with E-state index in [0.717, 1.165) is 5.56 Å². The van der Waals surface area contributed by atoms with Crippen LogP contribution in [0.5, 0.6) is 5.75 Å². The zero-order valence-electron chi connectivity index (χ0n) is 14.4. The van der Waals surface area contributed by atoms with Crippen LogP contribution < -0.4 is 4.74 Å². The van der Waals surface area contributed by atoms with E-state index < -0.39 is 5.60 Å². The maximum absolute atomic E-state index is 13.0. The lowest BCUT2D eigenvalue weighted by molar-refractivity contribution is -0.134. The molecule has 1 fully saturated rings. The van der Waals surface area contributed by atoms with Crippen LogP contribution in [0.1, 0.15) is 5.56 Å². The Labute approximate surface area is 152 Å². The van der Waals surface area contributed by atoms with Crippen molar-refractivity contribution in [3.05, 3.63) is 66.0 Å². The fourth-order valence-corrected chi connectivity index (χ4v) is 2.84. The average molecular weight is 359 g/mol. The number of amides is 1. The fourth-order valence-electron chi connectivity index (χ4n) is 2.84. The van der Waals surface area contributed by atoms with Crippen LogP contribution in [0, 0.1) is 5.82 Å². The van der Waals surface area contributed by atoms with Crippen molar-refractivity contribution in [3.8, 4) is 5.75 Å². The third kappa shape index (κ3) is 5.03. The van der Waals surface area contributed by atoms with Gasteiger partial charge in [0.2, 0.25) is 5.91 Å². The molecule has 138 valence electrons. The average Bonchev–Trinajstić information content (AvgIpc) is 2.85. The van der Waals surface area contributed by atoms with Gasteiger partial charge in [-0.3, -0.25) is 4.79 Å². The van der Waals surface area contributed by atoms with Gasteiger partial charge in [0.1, 0.15) is 23.8 Å². The molecule has 26 heavy (non-hydrogen) atoms. The summed E-state index contributed by atoms with van der Waals surface area (Å²) in [6.45, 7) is 0.994. The van der Waals surface area contributed by atoms with Crippen molar-refractivity contribution in [2.24, 2.45) is 0 Å². The van der Waals surface area contributed by atoms with Crippen molar-refractivity contribution < 1.29 is 23.8 Å². The first-order valence-corrected chi connectivity index (χ1v) is 8.54. The van der Waals surface area contributed by atoms with E-state index in [4.69, 9.17) is 9.47 Å². The smallest absolute Gasteiger partial charge is 0.227 e. The summed E-state index contributed by atoms with van der Waals surface area (Å²) in [5, 5.41) is 10.8. The number of ether oxygens (including phenoxy) is 2. The van der Waals surface area contributed by atoms with E-state index in [2.05, 4.69) is 0 Å². The topological polar surface area (TPSA) is 59.0 Å². The molecule has 2 aromatic carbocycles. The highest BCUT2D eigenvalue weighted by Crippen LogP contribution is 2.17. The van der Waals surface area contributed by atoms with Crippen LogP contribution in [0.3, 0.4) is 0 Å². The van der Waals surface area contributed by atoms with E-state index in [-0.39, 0.29) is 37.9 Å². The van der Waals surface area contributed by atoms with E-state index in [1.165, 1.54) is 12.1 Å². The number of para-hydroxylation sites is 1. The summed E-state index contributed by atoms with van der Waals surface area (Å²) in [5.74, 6) is 0.173. The number of rotatable bonds is 5. The number of carbonyl (C=O) groups is 1. The zero-order valence-corrected chi connectivity index (χ0v) is 14.4. The summed E-state index contributed by atoms with van der Waals surface area (Å²) in [4.78, 5) is 14.2. The van der Waals surface area contributed by atoms with E-state index in [9.17, 15) is 14.3 Å². The first-order chi connectivity index (χ1) is 12.5. The quantitative estimate of drug-likeness (QED) is 0.888. The van der Waals surface area contributed by atoms with Crippen molar-refractivity contribution in [2.75, 3.05) is 32.9 Å². The molecule has 1 aliphatic heterocycles. The molecule has 0 aliphatic carbocycles. The highest BCUT2D eigenvalue weighted by molar-refractivity contribution is 5.78. The maximum atomic E-state index is 13.0. The summed E-state index contributed by atoms with van der Waals surface area (Å²) >= 11 is 0. The van der Waals surface area contributed by atoms with Gasteiger partial charge in [-0.2, -0.15) is 0 Å². The predicted molar refractivity (Wildman–Crippen MR) is 94.4 cm³/mol. The number of β-amino-alcohol motifs (C(OH)–C–C–N with tert-alkyl or cyclic N) is 1. The van der Waals surface area contributed by atoms with E-state index in [1.807, 2.05) is 18.2 Å². The number of hydrogen-bond acceptors (Lipinski definition) is 4. The Kier molecular flexibility index (Phi) is 5.85. The van der Waals surface area contributed by atoms with Gasteiger partial charge >= 0.3 is 0 Å². The molecule has 0 aromatic heterocycles. The van der Waals surface area contributed by atoms with Gasteiger partial charge in [0.05, 0.1) is 26.2 Å². The van der Waals surface area contributed by atoms with Crippen LogP contribution in [0.15, 0.2) is 54.6 Å². The Morgan fingerprint density at radius 1 is 1.19 bits per heavy atom. The number of benzene rings is 2. The Bertz CT molecular complexity index is 722. The SMILES string of the molecule is O=C(Cc1ccc(F)cc1)N1CCOC[C@](O)(COc2ccccc2)C1. The molecule has 6 heteroatoms. The molecule has 1 atom stereocenters. The van der Waals surface area contributed by atoms with Crippen molar-refractivity contribution in [1.82, 2.24) is 4.90 Å². The van der Waals surface area contributed by atoms with E-state index in [0.29, 0.717) is 18.9 Å². The van der Waals surface area contributed by atoms with Gasteiger partial charge in [0.25, 0.3) is 0 Å². The zero-order chi connectivity index (χ0) is 18.4. The Morgan fingerprint density at radius 2 is 1.92 bits per heavy atom. The van der Waals surface area contributed by atoms with Crippen molar-refractivity contribution in [1.29, 1.82) is 0 Å². The summed E-state index contributed by atoms with van der Waals surface area (Å²) in [6, 6.07) is 15.0. The largest absolute Gasteiger partial charge is 0.490 e. The highest BCUT2D eigenvalue weighted by atomic mass is 19.1. The number of aliphatic hydroxyl groups is 1. The van der Waals surface area contributed by atoms with Crippen LogP contribution in [-0.2, 0) is 16.0 Å². The first-order valence-electron chi connectivity index (χ1n) is 8.54. The molecule has 0 saturated carbocycles. The van der Waals surface area contributed by atoms with Gasteiger partial charge in [0.15, 0.2) is 0 Å². The lowest BCUT2D eigenvalue weighted by atomic mass is 10.1. The number of hydrogen-bond donors (Lipinski definition) is 1. The van der Waals surface area contributed by atoms with Gasteiger partial charge in [-0.25, -0.2) is 4.39 Å².